The Bertz CT molecular complexity index is 1540. The van der Waals surface area contributed by atoms with Gasteiger partial charge in [-0.2, -0.15) is 5.10 Å². The molecule has 2 aromatic heterocycles. The van der Waals surface area contributed by atoms with Gasteiger partial charge in [0.25, 0.3) is 0 Å². The molecule has 0 radical (unpaired) electrons. The highest BCUT2D eigenvalue weighted by Crippen LogP contribution is 2.28. The van der Waals surface area contributed by atoms with Crippen molar-refractivity contribution in [3.8, 4) is 28.3 Å². The van der Waals surface area contributed by atoms with Crippen LogP contribution in [0.3, 0.4) is 0 Å². The number of hydrogen-bond acceptors (Lipinski definition) is 4. The van der Waals surface area contributed by atoms with Crippen molar-refractivity contribution in [1.29, 1.82) is 0 Å². The van der Waals surface area contributed by atoms with Crippen LogP contribution in [0.25, 0.3) is 28.3 Å². The average molecular weight is 495 g/mol. The second-order valence-corrected chi connectivity index (χ2v) is 9.23. The Hall–Kier alpha value is -4.23. The van der Waals surface area contributed by atoms with Gasteiger partial charge >= 0.3 is 0 Å². The fourth-order valence-electron chi connectivity index (χ4n) is 4.58. The smallest absolute Gasteiger partial charge is 0.228 e. The van der Waals surface area contributed by atoms with Crippen LogP contribution in [0.15, 0.2) is 85.1 Å². The number of benzene rings is 3. The van der Waals surface area contributed by atoms with Crippen LogP contribution in [0.4, 0.5) is 5.69 Å². The summed E-state index contributed by atoms with van der Waals surface area (Å²) in [5.41, 5.74) is 5.06. The molecule has 0 aliphatic carbocycles. The molecule has 3 aromatic carbocycles. The van der Waals surface area contributed by atoms with Gasteiger partial charge in [-0.25, -0.2) is 4.68 Å². The van der Waals surface area contributed by atoms with E-state index in [1.165, 1.54) is 0 Å². The SMILES string of the molecule is O=C(Cc1cn(-c2ccccc2)nc1-c1ccc(Cl)cc1)Nc1cccc(-c2nnc3n2CCC3)c1. The van der Waals surface area contributed by atoms with Gasteiger partial charge in [0.15, 0.2) is 5.82 Å². The van der Waals surface area contributed by atoms with Gasteiger partial charge in [0.05, 0.1) is 17.8 Å². The Balaban J connectivity index is 1.27. The van der Waals surface area contributed by atoms with E-state index in [1.54, 1.807) is 4.68 Å². The van der Waals surface area contributed by atoms with Gasteiger partial charge in [-0.3, -0.25) is 4.79 Å². The predicted molar refractivity (Wildman–Crippen MR) is 140 cm³/mol. The summed E-state index contributed by atoms with van der Waals surface area (Å²) < 4.78 is 3.95. The van der Waals surface area contributed by atoms with Crippen molar-refractivity contribution in [3.05, 3.63) is 101 Å². The van der Waals surface area contributed by atoms with Gasteiger partial charge in [-0.1, -0.05) is 54.1 Å². The van der Waals surface area contributed by atoms with Gasteiger partial charge in [0.2, 0.25) is 5.91 Å². The number of carbonyl (C=O) groups excluding carboxylic acids is 1. The maximum Gasteiger partial charge on any atom is 0.228 e. The Morgan fingerprint density at radius 2 is 1.78 bits per heavy atom. The first-order valence-electron chi connectivity index (χ1n) is 11.9. The van der Waals surface area contributed by atoms with Crippen LogP contribution < -0.4 is 5.32 Å². The molecular formula is C28H23ClN6O. The number of aryl methyl sites for hydroxylation is 1. The molecule has 8 heteroatoms. The van der Waals surface area contributed by atoms with Gasteiger partial charge in [0.1, 0.15) is 5.82 Å². The molecule has 0 fully saturated rings. The van der Waals surface area contributed by atoms with Crippen LogP contribution >= 0.6 is 11.6 Å². The fourth-order valence-corrected chi connectivity index (χ4v) is 4.71. The molecule has 0 spiro atoms. The highest BCUT2D eigenvalue weighted by molar-refractivity contribution is 6.30. The number of hydrogen-bond donors (Lipinski definition) is 1. The van der Waals surface area contributed by atoms with Gasteiger partial charge in [-0.05, 0) is 42.8 Å². The molecule has 3 heterocycles. The predicted octanol–water partition coefficient (Wildman–Crippen LogP) is 5.58. The highest BCUT2D eigenvalue weighted by atomic mass is 35.5. The van der Waals surface area contributed by atoms with Gasteiger partial charge in [0, 0.05) is 46.6 Å². The lowest BCUT2D eigenvalue weighted by molar-refractivity contribution is -0.115. The van der Waals surface area contributed by atoms with E-state index < -0.39 is 0 Å². The first kappa shape index (κ1) is 22.2. The van der Waals surface area contributed by atoms with Crippen LogP contribution in [0, 0.1) is 0 Å². The third-order valence-corrected chi connectivity index (χ3v) is 6.55. The number of aromatic nitrogens is 5. The molecule has 0 bridgehead atoms. The van der Waals surface area contributed by atoms with Crippen molar-refractivity contribution >= 4 is 23.2 Å². The highest BCUT2D eigenvalue weighted by Gasteiger charge is 2.19. The Labute approximate surface area is 213 Å². The number of fused-ring (bicyclic) bond motifs is 1. The number of nitrogens with one attached hydrogen (secondary N) is 1. The maximum atomic E-state index is 13.1. The molecule has 36 heavy (non-hydrogen) atoms. The second kappa shape index (κ2) is 9.43. The van der Waals surface area contributed by atoms with Crippen molar-refractivity contribution in [2.75, 3.05) is 5.32 Å². The summed E-state index contributed by atoms with van der Waals surface area (Å²) in [6.07, 6.45) is 4.13. The molecule has 0 saturated heterocycles. The molecule has 1 amide bonds. The minimum Gasteiger partial charge on any atom is -0.326 e. The third kappa shape index (κ3) is 4.41. The van der Waals surface area contributed by atoms with E-state index in [-0.39, 0.29) is 12.3 Å². The molecule has 178 valence electrons. The molecule has 0 unspecified atom stereocenters. The number of anilines is 1. The Morgan fingerprint density at radius 3 is 2.61 bits per heavy atom. The summed E-state index contributed by atoms with van der Waals surface area (Å²) in [5, 5.41) is 17.1. The van der Waals surface area contributed by atoms with E-state index in [0.29, 0.717) is 5.02 Å². The van der Waals surface area contributed by atoms with Crippen molar-refractivity contribution in [2.45, 2.75) is 25.8 Å². The molecule has 0 atom stereocenters. The zero-order valence-corrected chi connectivity index (χ0v) is 20.2. The van der Waals surface area contributed by atoms with Crippen LogP contribution in [0.5, 0.6) is 0 Å². The van der Waals surface area contributed by atoms with E-state index in [0.717, 1.165) is 64.8 Å². The van der Waals surface area contributed by atoms with Crippen molar-refractivity contribution < 1.29 is 4.79 Å². The summed E-state index contributed by atoms with van der Waals surface area (Å²) in [6.45, 7) is 0.924. The standard InChI is InChI=1S/C28H23ClN6O/c29-22-13-11-19(12-14-22)27-21(18-35(33-27)24-8-2-1-3-9-24)17-26(36)30-23-7-4-6-20(16-23)28-32-31-25-10-5-15-34(25)28/h1-4,6-9,11-14,16,18H,5,10,15,17H2,(H,30,36). The summed E-state index contributed by atoms with van der Waals surface area (Å²) in [5.74, 6) is 1.74. The normalized spacial score (nSPS) is 12.5. The topological polar surface area (TPSA) is 77.6 Å². The average Bonchev–Trinajstić information content (AvgIpc) is 3.62. The number of rotatable bonds is 6. The van der Waals surface area contributed by atoms with Gasteiger partial charge < -0.3 is 9.88 Å². The van der Waals surface area contributed by atoms with Crippen LogP contribution in [-0.2, 0) is 24.2 Å². The quantitative estimate of drug-likeness (QED) is 0.334. The molecule has 5 aromatic rings. The first-order chi connectivity index (χ1) is 17.6. The van der Waals surface area contributed by atoms with Crippen LogP contribution in [-0.4, -0.2) is 30.5 Å². The largest absolute Gasteiger partial charge is 0.326 e. The summed E-state index contributed by atoms with van der Waals surface area (Å²) in [4.78, 5) is 13.1. The first-order valence-corrected chi connectivity index (χ1v) is 12.2. The van der Waals surface area contributed by atoms with E-state index in [9.17, 15) is 4.79 Å². The van der Waals surface area contributed by atoms with Crippen molar-refractivity contribution in [1.82, 2.24) is 24.5 Å². The molecule has 1 N–H and O–H groups in total. The van der Waals surface area contributed by atoms with E-state index in [2.05, 4.69) is 20.1 Å². The maximum absolute atomic E-state index is 13.1. The molecule has 0 saturated carbocycles. The zero-order chi connectivity index (χ0) is 24.5. The number of halogens is 1. The molecule has 6 rings (SSSR count). The molecular weight excluding hydrogens is 472 g/mol. The summed E-state index contributed by atoms with van der Waals surface area (Å²) >= 11 is 6.10. The minimum atomic E-state index is -0.124. The number of carbonyl (C=O) groups is 1. The number of amides is 1. The minimum absolute atomic E-state index is 0.124. The molecule has 1 aliphatic rings. The lowest BCUT2D eigenvalue weighted by atomic mass is 10.1. The fraction of sp³-hybridized carbons (Fsp3) is 0.143. The lowest BCUT2D eigenvalue weighted by Gasteiger charge is -2.08. The third-order valence-electron chi connectivity index (χ3n) is 6.29. The van der Waals surface area contributed by atoms with Gasteiger partial charge in [-0.15, -0.1) is 10.2 Å². The Kier molecular flexibility index (Phi) is 5.83. The number of nitrogens with zero attached hydrogens (tertiary/aromatic N) is 5. The van der Waals surface area contributed by atoms with E-state index >= 15 is 0 Å². The van der Waals surface area contributed by atoms with Crippen LogP contribution in [0.1, 0.15) is 17.8 Å². The lowest BCUT2D eigenvalue weighted by Crippen LogP contribution is -2.14. The summed E-state index contributed by atoms with van der Waals surface area (Å²) in [7, 11) is 0. The monoisotopic (exact) mass is 494 g/mol. The second-order valence-electron chi connectivity index (χ2n) is 8.79. The van der Waals surface area contributed by atoms with E-state index in [1.807, 2.05) is 85.1 Å². The zero-order valence-electron chi connectivity index (χ0n) is 19.4. The summed E-state index contributed by atoms with van der Waals surface area (Å²) in [6, 6.07) is 25.1. The van der Waals surface area contributed by atoms with Crippen molar-refractivity contribution in [3.63, 3.8) is 0 Å². The van der Waals surface area contributed by atoms with E-state index in [4.69, 9.17) is 16.7 Å². The number of para-hydroxylation sites is 1. The molecule has 7 nitrogen and oxygen atoms in total. The van der Waals surface area contributed by atoms with Crippen molar-refractivity contribution in [2.24, 2.45) is 0 Å². The van der Waals surface area contributed by atoms with Crippen LogP contribution in [0.2, 0.25) is 5.02 Å². The molecule has 1 aliphatic heterocycles. The Morgan fingerprint density at radius 1 is 0.944 bits per heavy atom.